The average molecular weight is 322 g/mol. The monoisotopic (exact) mass is 321 g/mol. The molecule has 0 aliphatic heterocycles. The van der Waals surface area contributed by atoms with Crippen molar-refractivity contribution in [2.45, 2.75) is 59.8 Å². The topological polar surface area (TPSA) is 44.5 Å². The Morgan fingerprint density at radius 2 is 1.57 bits per heavy atom. The molecule has 1 unspecified atom stereocenters. The van der Waals surface area contributed by atoms with Crippen molar-refractivity contribution in [2.75, 3.05) is 19.8 Å². The SMILES string of the molecule is CCC(CCCN)c1ccc(OCC(C)C)c(OCC(C)C)c1. The van der Waals surface area contributed by atoms with Gasteiger partial charge in [0.1, 0.15) is 0 Å². The molecule has 0 aliphatic carbocycles. The van der Waals surface area contributed by atoms with Crippen LogP contribution in [0.2, 0.25) is 0 Å². The number of ether oxygens (including phenoxy) is 2. The molecule has 3 heteroatoms. The van der Waals surface area contributed by atoms with E-state index in [1.54, 1.807) is 0 Å². The van der Waals surface area contributed by atoms with Gasteiger partial charge in [0.25, 0.3) is 0 Å². The van der Waals surface area contributed by atoms with Gasteiger partial charge in [-0.2, -0.15) is 0 Å². The van der Waals surface area contributed by atoms with E-state index in [4.69, 9.17) is 15.2 Å². The summed E-state index contributed by atoms with van der Waals surface area (Å²) >= 11 is 0. The number of hydrogen-bond acceptors (Lipinski definition) is 3. The second-order valence-electron chi connectivity index (χ2n) is 7.15. The summed E-state index contributed by atoms with van der Waals surface area (Å²) in [6, 6.07) is 6.42. The maximum atomic E-state index is 6.02. The Kier molecular flexibility index (Phi) is 9.08. The highest BCUT2D eigenvalue weighted by Crippen LogP contribution is 2.34. The average Bonchev–Trinajstić information content (AvgIpc) is 2.52. The van der Waals surface area contributed by atoms with Crippen LogP contribution in [0, 0.1) is 11.8 Å². The van der Waals surface area contributed by atoms with E-state index in [0.717, 1.165) is 37.3 Å². The Morgan fingerprint density at radius 3 is 2.09 bits per heavy atom. The van der Waals surface area contributed by atoms with E-state index in [-0.39, 0.29) is 0 Å². The molecule has 0 radical (unpaired) electrons. The minimum Gasteiger partial charge on any atom is -0.489 e. The zero-order valence-corrected chi connectivity index (χ0v) is 15.6. The highest BCUT2D eigenvalue weighted by atomic mass is 16.5. The first-order valence-electron chi connectivity index (χ1n) is 9.07. The number of benzene rings is 1. The van der Waals surface area contributed by atoms with E-state index in [2.05, 4.69) is 52.8 Å². The summed E-state index contributed by atoms with van der Waals surface area (Å²) in [5.74, 6) is 3.27. The Hall–Kier alpha value is -1.22. The van der Waals surface area contributed by atoms with Crippen molar-refractivity contribution in [3.05, 3.63) is 23.8 Å². The van der Waals surface area contributed by atoms with Gasteiger partial charge in [0, 0.05) is 0 Å². The molecule has 1 aromatic carbocycles. The largest absolute Gasteiger partial charge is 0.489 e. The Labute approximate surface area is 142 Å². The predicted octanol–water partition coefficient (Wildman–Crippen LogP) is 4.99. The molecule has 3 nitrogen and oxygen atoms in total. The minimum absolute atomic E-state index is 0.496. The molecular formula is C20H35NO2. The van der Waals surface area contributed by atoms with Crippen molar-refractivity contribution in [2.24, 2.45) is 17.6 Å². The molecule has 0 saturated heterocycles. The van der Waals surface area contributed by atoms with Gasteiger partial charge in [-0.25, -0.2) is 0 Å². The lowest BCUT2D eigenvalue weighted by Gasteiger charge is -2.20. The lowest BCUT2D eigenvalue weighted by molar-refractivity contribution is 0.229. The van der Waals surface area contributed by atoms with E-state index < -0.39 is 0 Å². The van der Waals surface area contributed by atoms with Crippen LogP contribution in [-0.4, -0.2) is 19.8 Å². The van der Waals surface area contributed by atoms with Crippen LogP contribution >= 0.6 is 0 Å². The number of nitrogens with two attached hydrogens (primary N) is 1. The van der Waals surface area contributed by atoms with Crippen LogP contribution in [0.4, 0.5) is 0 Å². The molecule has 1 atom stereocenters. The molecule has 0 fully saturated rings. The second kappa shape index (κ2) is 10.5. The van der Waals surface area contributed by atoms with Gasteiger partial charge in [0.05, 0.1) is 13.2 Å². The summed E-state index contributed by atoms with van der Waals surface area (Å²) in [5.41, 5.74) is 7.00. The first-order chi connectivity index (χ1) is 11.0. The summed E-state index contributed by atoms with van der Waals surface area (Å²) in [6.45, 7) is 13.0. The number of hydrogen-bond donors (Lipinski definition) is 1. The van der Waals surface area contributed by atoms with Gasteiger partial charge in [-0.05, 0) is 61.3 Å². The Morgan fingerprint density at radius 1 is 0.957 bits per heavy atom. The molecule has 0 amide bonds. The van der Waals surface area contributed by atoms with Crippen molar-refractivity contribution >= 4 is 0 Å². The molecule has 0 heterocycles. The minimum atomic E-state index is 0.496. The quantitative estimate of drug-likeness (QED) is 0.624. The summed E-state index contributed by atoms with van der Waals surface area (Å²) in [4.78, 5) is 0. The van der Waals surface area contributed by atoms with Crippen LogP contribution in [0.3, 0.4) is 0 Å². The van der Waals surface area contributed by atoms with Crippen LogP contribution in [0.25, 0.3) is 0 Å². The fourth-order valence-corrected chi connectivity index (χ4v) is 2.49. The van der Waals surface area contributed by atoms with Crippen molar-refractivity contribution in [1.29, 1.82) is 0 Å². The lowest BCUT2D eigenvalue weighted by Crippen LogP contribution is -2.10. The standard InChI is InChI=1S/C20H35NO2/c1-6-17(8-7-11-21)18-9-10-19(22-13-15(2)3)20(12-18)23-14-16(4)5/h9-10,12,15-17H,6-8,11,13-14,21H2,1-5H3. The first kappa shape index (κ1) is 19.8. The van der Waals surface area contributed by atoms with Gasteiger partial charge in [-0.1, -0.05) is 40.7 Å². The van der Waals surface area contributed by atoms with Gasteiger partial charge in [-0.3, -0.25) is 0 Å². The summed E-state index contributed by atoms with van der Waals surface area (Å²) in [5, 5.41) is 0. The number of rotatable bonds is 11. The van der Waals surface area contributed by atoms with Gasteiger partial charge in [0.15, 0.2) is 11.5 Å². The molecule has 132 valence electrons. The second-order valence-corrected chi connectivity index (χ2v) is 7.15. The van der Waals surface area contributed by atoms with Gasteiger partial charge >= 0.3 is 0 Å². The van der Waals surface area contributed by atoms with Crippen molar-refractivity contribution in [3.8, 4) is 11.5 Å². The van der Waals surface area contributed by atoms with Crippen LogP contribution < -0.4 is 15.2 Å². The molecule has 0 saturated carbocycles. The van der Waals surface area contributed by atoms with Gasteiger partial charge in [0.2, 0.25) is 0 Å². The van der Waals surface area contributed by atoms with Crippen molar-refractivity contribution in [1.82, 2.24) is 0 Å². The van der Waals surface area contributed by atoms with Crippen LogP contribution in [0.1, 0.15) is 65.4 Å². The third-order valence-corrected chi connectivity index (χ3v) is 3.83. The van der Waals surface area contributed by atoms with E-state index >= 15 is 0 Å². The third-order valence-electron chi connectivity index (χ3n) is 3.83. The lowest BCUT2D eigenvalue weighted by atomic mass is 9.91. The van der Waals surface area contributed by atoms with E-state index in [1.807, 2.05) is 0 Å². The van der Waals surface area contributed by atoms with Crippen LogP contribution in [0.15, 0.2) is 18.2 Å². The van der Waals surface area contributed by atoms with Gasteiger partial charge in [-0.15, -0.1) is 0 Å². The molecule has 1 aromatic rings. The molecule has 0 aliphatic rings. The molecule has 0 spiro atoms. The van der Waals surface area contributed by atoms with Crippen molar-refractivity contribution in [3.63, 3.8) is 0 Å². The fraction of sp³-hybridized carbons (Fsp3) is 0.700. The Balaban J connectivity index is 2.94. The smallest absolute Gasteiger partial charge is 0.161 e. The molecule has 1 rings (SSSR count). The van der Waals surface area contributed by atoms with Crippen LogP contribution in [-0.2, 0) is 0 Å². The molecule has 2 N–H and O–H groups in total. The zero-order valence-electron chi connectivity index (χ0n) is 15.6. The van der Waals surface area contributed by atoms with Crippen LogP contribution in [0.5, 0.6) is 11.5 Å². The van der Waals surface area contributed by atoms with Gasteiger partial charge < -0.3 is 15.2 Å². The maximum absolute atomic E-state index is 6.02. The van der Waals surface area contributed by atoms with E-state index in [0.29, 0.717) is 31.0 Å². The Bertz CT molecular complexity index is 443. The summed E-state index contributed by atoms with van der Waals surface area (Å²) in [6.07, 6.45) is 3.31. The highest BCUT2D eigenvalue weighted by molar-refractivity contribution is 5.44. The summed E-state index contributed by atoms with van der Waals surface area (Å²) in [7, 11) is 0. The first-order valence-corrected chi connectivity index (χ1v) is 9.07. The van der Waals surface area contributed by atoms with Crippen molar-refractivity contribution < 1.29 is 9.47 Å². The summed E-state index contributed by atoms with van der Waals surface area (Å²) < 4.78 is 12.0. The molecule has 0 bridgehead atoms. The predicted molar refractivity (Wildman–Crippen MR) is 98.4 cm³/mol. The molecule has 23 heavy (non-hydrogen) atoms. The normalized spacial score (nSPS) is 12.7. The third kappa shape index (κ3) is 7.26. The molecule has 0 aromatic heterocycles. The van der Waals surface area contributed by atoms with E-state index in [9.17, 15) is 0 Å². The zero-order chi connectivity index (χ0) is 17.2. The van der Waals surface area contributed by atoms with E-state index in [1.165, 1.54) is 5.56 Å². The maximum Gasteiger partial charge on any atom is 0.161 e. The fourth-order valence-electron chi connectivity index (χ4n) is 2.49. The molecular weight excluding hydrogens is 286 g/mol. The highest BCUT2D eigenvalue weighted by Gasteiger charge is 2.14.